The summed E-state index contributed by atoms with van der Waals surface area (Å²) in [5.41, 5.74) is 1.38. The summed E-state index contributed by atoms with van der Waals surface area (Å²) in [6.45, 7) is -0.554. The van der Waals surface area contributed by atoms with Gasteiger partial charge in [0.15, 0.2) is 6.29 Å². The number of benzene rings is 1. The fourth-order valence-electron chi connectivity index (χ4n) is 3.94. The average Bonchev–Trinajstić information content (AvgIpc) is 3.09. The Morgan fingerprint density at radius 3 is 2.53 bits per heavy atom. The molecule has 4 rings (SSSR count). The predicted octanol–water partition coefficient (Wildman–Crippen LogP) is -0.564. The number of hydrogen-bond acceptors (Lipinski definition) is 9. The van der Waals surface area contributed by atoms with Crippen molar-refractivity contribution in [2.24, 2.45) is 0 Å². The SMILES string of the molecule is O=C1OC2=CC(O[C@@H]3O[C@H](CO)[C@@H](O)[C@H](O)[C@H]3O)CCC2=C1C(O)c1ccccc1. The van der Waals surface area contributed by atoms with Gasteiger partial charge in [-0.3, -0.25) is 0 Å². The molecule has 1 fully saturated rings. The quantitative estimate of drug-likeness (QED) is 0.396. The largest absolute Gasteiger partial charge is 0.423 e. The molecule has 0 amide bonds. The van der Waals surface area contributed by atoms with Crippen molar-refractivity contribution in [1.82, 2.24) is 0 Å². The molecule has 0 bridgehead atoms. The molecule has 1 aromatic rings. The third-order valence-corrected chi connectivity index (χ3v) is 5.61. The van der Waals surface area contributed by atoms with Crippen LogP contribution in [-0.4, -0.2) is 74.9 Å². The zero-order chi connectivity index (χ0) is 21.4. The second-order valence-electron chi connectivity index (χ2n) is 7.54. The number of carbonyl (C=O) groups excluding carboxylic acids is 1. The van der Waals surface area contributed by atoms with Crippen LogP contribution in [-0.2, 0) is 19.0 Å². The molecule has 2 unspecified atom stereocenters. The lowest BCUT2D eigenvalue weighted by atomic mass is 9.91. The first kappa shape index (κ1) is 21.1. The Morgan fingerprint density at radius 1 is 1.10 bits per heavy atom. The van der Waals surface area contributed by atoms with E-state index in [4.69, 9.17) is 14.2 Å². The van der Waals surface area contributed by atoms with Gasteiger partial charge in [0, 0.05) is 5.57 Å². The molecule has 0 radical (unpaired) electrons. The zero-order valence-corrected chi connectivity index (χ0v) is 16.0. The van der Waals surface area contributed by atoms with E-state index in [-0.39, 0.29) is 11.3 Å². The smallest absolute Gasteiger partial charge is 0.342 e. The Balaban J connectivity index is 1.51. The number of ether oxygens (including phenoxy) is 3. The molecule has 9 heteroatoms. The number of allylic oxidation sites excluding steroid dienone is 1. The highest BCUT2D eigenvalue weighted by molar-refractivity contribution is 5.96. The molecule has 0 saturated carbocycles. The van der Waals surface area contributed by atoms with Crippen molar-refractivity contribution in [3.05, 3.63) is 58.9 Å². The van der Waals surface area contributed by atoms with Gasteiger partial charge in [0.2, 0.25) is 0 Å². The Labute approximate surface area is 172 Å². The number of hydrogen-bond donors (Lipinski definition) is 5. The maximum absolute atomic E-state index is 12.4. The van der Waals surface area contributed by atoms with E-state index >= 15 is 0 Å². The van der Waals surface area contributed by atoms with Crippen LogP contribution in [0, 0.1) is 0 Å². The second kappa shape index (κ2) is 8.56. The van der Waals surface area contributed by atoms with Gasteiger partial charge in [0.05, 0.1) is 18.3 Å². The topological polar surface area (TPSA) is 146 Å². The lowest BCUT2D eigenvalue weighted by Gasteiger charge is -2.40. The molecule has 1 aromatic carbocycles. The summed E-state index contributed by atoms with van der Waals surface area (Å²) < 4.78 is 16.4. The van der Waals surface area contributed by atoms with Gasteiger partial charge in [-0.05, 0) is 24.5 Å². The summed E-state index contributed by atoms with van der Waals surface area (Å²) in [6, 6.07) is 8.80. The molecule has 1 saturated heterocycles. The summed E-state index contributed by atoms with van der Waals surface area (Å²) in [4.78, 5) is 12.4. The van der Waals surface area contributed by atoms with Crippen LogP contribution in [0.1, 0.15) is 24.5 Å². The molecule has 2 heterocycles. The van der Waals surface area contributed by atoms with Crippen LogP contribution in [0.3, 0.4) is 0 Å². The molecule has 9 nitrogen and oxygen atoms in total. The van der Waals surface area contributed by atoms with Gasteiger partial charge in [-0.2, -0.15) is 0 Å². The lowest BCUT2D eigenvalue weighted by Crippen LogP contribution is -2.59. The van der Waals surface area contributed by atoms with Crippen molar-refractivity contribution in [3.63, 3.8) is 0 Å². The molecule has 0 spiro atoms. The van der Waals surface area contributed by atoms with E-state index in [1.165, 1.54) is 0 Å². The second-order valence-corrected chi connectivity index (χ2v) is 7.54. The first-order valence-electron chi connectivity index (χ1n) is 9.77. The Hall–Kier alpha value is -2.11. The number of rotatable bonds is 5. The Kier molecular flexibility index (Phi) is 6.03. The maximum atomic E-state index is 12.4. The summed E-state index contributed by atoms with van der Waals surface area (Å²) in [7, 11) is 0. The fraction of sp³-hybridized carbons (Fsp3) is 0.476. The number of carbonyl (C=O) groups is 1. The number of aliphatic hydroxyl groups excluding tert-OH is 5. The molecular weight excluding hydrogens is 396 g/mol. The van der Waals surface area contributed by atoms with Gasteiger partial charge in [-0.25, -0.2) is 4.79 Å². The monoisotopic (exact) mass is 420 g/mol. The number of esters is 1. The molecule has 2 aliphatic heterocycles. The molecule has 162 valence electrons. The lowest BCUT2D eigenvalue weighted by molar-refractivity contribution is -0.308. The van der Waals surface area contributed by atoms with Crippen LogP contribution in [0.15, 0.2) is 53.3 Å². The van der Waals surface area contributed by atoms with Crippen molar-refractivity contribution in [3.8, 4) is 0 Å². The van der Waals surface area contributed by atoms with E-state index in [0.717, 1.165) is 0 Å². The number of fused-ring (bicyclic) bond motifs is 1. The summed E-state index contributed by atoms with van der Waals surface area (Å²) in [5, 5.41) is 49.8. The third-order valence-electron chi connectivity index (χ3n) is 5.61. The molecule has 5 N–H and O–H groups in total. The number of aliphatic hydroxyl groups is 5. The van der Waals surface area contributed by atoms with Crippen LogP contribution in [0.2, 0.25) is 0 Å². The van der Waals surface area contributed by atoms with Crippen LogP contribution in [0.25, 0.3) is 0 Å². The summed E-state index contributed by atoms with van der Waals surface area (Å²) >= 11 is 0. The van der Waals surface area contributed by atoms with E-state index in [9.17, 15) is 30.3 Å². The van der Waals surface area contributed by atoms with Gasteiger partial charge < -0.3 is 39.7 Å². The molecular formula is C21H24O9. The average molecular weight is 420 g/mol. The van der Waals surface area contributed by atoms with Crippen molar-refractivity contribution in [2.75, 3.05) is 6.61 Å². The van der Waals surface area contributed by atoms with Gasteiger partial charge in [0.1, 0.15) is 36.3 Å². The minimum atomic E-state index is -1.54. The van der Waals surface area contributed by atoms with Crippen molar-refractivity contribution < 1.29 is 44.5 Å². The fourth-order valence-corrected chi connectivity index (χ4v) is 3.94. The van der Waals surface area contributed by atoms with Crippen molar-refractivity contribution >= 4 is 5.97 Å². The predicted molar refractivity (Wildman–Crippen MR) is 100 cm³/mol. The maximum Gasteiger partial charge on any atom is 0.342 e. The van der Waals surface area contributed by atoms with E-state index in [1.807, 2.05) is 6.07 Å². The third kappa shape index (κ3) is 3.81. The van der Waals surface area contributed by atoms with Gasteiger partial charge in [0.25, 0.3) is 0 Å². The van der Waals surface area contributed by atoms with Crippen LogP contribution in [0.4, 0.5) is 0 Å². The molecule has 30 heavy (non-hydrogen) atoms. The minimum Gasteiger partial charge on any atom is -0.423 e. The first-order valence-corrected chi connectivity index (χ1v) is 9.77. The minimum absolute atomic E-state index is 0.193. The van der Waals surface area contributed by atoms with E-state index in [1.54, 1.807) is 30.3 Å². The summed E-state index contributed by atoms with van der Waals surface area (Å²) in [5.74, 6) is -0.341. The standard InChI is InChI=1S/C21H24O9/c22-9-14-17(24)18(25)19(26)21(30-14)28-11-6-7-12-13(8-11)29-20(27)15(12)16(23)10-4-2-1-3-5-10/h1-5,8,11,14,16-19,21-26H,6-7,9H2/t11?,14-,16?,17-,18+,19-,21-/m1/s1. The molecule has 3 aliphatic rings. The Morgan fingerprint density at radius 2 is 1.83 bits per heavy atom. The van der Waals surface area contributed by atoms with Crippen LogP contribution >= 0.6 is 0 Å². The molecule has 7 atom stereocenters. The normalized spacial score (nSPS) is 35.0. The van der Waals surface area contributed by atoms with Gasteiger partial charge >= 0.3 is 5.97 Å². The van der Waals surface area contributed by atoms with Crippen molar-refractivity contribution in [2.45, 2.75) is 55.8 Å². The Bertz CT molecular complexity index is 847. The summed E-state index contributed by atoms with van der Waals surface area (Å²) in [6.07, 6.45) is -6.23. The first-order chi connectivity index (χ1) is 14.4. The highest BCUT2D eigenvalue weighted by atomic mass is 16.7. The van der Waals surface area contributed by atoms with Crippen LogP contribution in [0.5, 0.6) is 0 Å². The van der Waals surface area contributed by atoms with Gasteiger partial charge in [-0.1, -0.05) is 30.3 Å². The van der Waals surface area contributed by atoms with Crippen LogP contribution < -0.4 is 0 Å². The molecule has 1 aliphatic carbocycles. The van der Waals surface area contributed by atoms with Gasteiger partial charge in [-0.15, -0.1) is 0 Å². The zero-order valence-electron chi connectivity index (χ0n) is 16.0. The van der Waals surface area contributed by atoms with E-state index in [0.29, 0.717) is 24.0 Å². The molecule has 0 aromatic heterocycles. The van der Waals surface area contributed by atoms with E-state index in [2.05, 4.69) is 0 Å². The highest BCUT2D eigenvalue weighted by Crippen LogP contribution is 2.40. The van der Waals surface area contributed by atoms with Crippen molar-refractivity contribution in [1.29, 1.82) is 0 Å². The highest BCUT2D eigenvalue weighted by Gasteiger charge is 2.45. The van der Waals surface area contributed by atoms with E-state index < -0.39 is 55.5 Å².